The van der Waals surface area contributed by atoms with Crippen molar-refractivity contribution in [3.63, 3.8) is 0 Å². The maximum atomic E-state index is 12.9. The van der Waals surface area contributed by atoms with E-state index in [4.69, 9.17) is 4.42 Å². The number of fused-ring (bicyclic) bond motifs is 1. The first-order chi connectivity index (χ1) is 12.3. The van der Waals surface area contributed by atoms with E-state index in [0.717, 1.165) is 17.7 Å². The lowest BCUT2D eigenvalue weighted by Crippen LogP contribution is -2.24. The van der Waals surface area contributed by atoms with Crippen LogP contribution in [0.4, 0.5) is 19.0 Å². The number of carbonyl (C=O) groups excluding carboxylic acids is 1. The summed E-state index contributed by atoms with van der Waals surface area (Å²) in [4.78, 5) is 12.0. The minimum absolute atomic E-state index is 0.164. The summed E-state index contributed by atoms with van der Waals surface area (Å²) in [6.45, 7) is 0. The molecule has 2 aromatic heterocycles. The molecule has 1 amide bonds. The van der Waals surface area contributed by atoms with E-state index in [0.29, 0.717) is 22.9 Å². The van der Waals surface area contributed by atoms with Crippen molar-refractivity contribution >= 4 is 11.7 Å². The number of nitrogens with zero attached hydrogens (tertiary/aromatic N) is 2. The van der Waals surface area contributed by atoms with Gasteiger partial charge in [-0.3, -0.25) is 9.48 Å². The van der Waals surface area contributed by atoms with Crippen LogP contribution >= 0.6 is 0 Å². The van der Waals surface area contributed by atoms with Crippen LogP contribution in [0.5, 0.6) is 0 Å². The molecule has 4 rings (SSSR count). The van der Waals surface area contributed by atoms with Crippen LogP contribution in [0.2, 0.25) is 0 Å². The Bertz CT molecular complexity index is 988. The van der Waals surface area contributed by atoms with E-state index in [1.54, 1.807) is 36.1 Å². The minimum atomic E-state index is -4.42. The average Bonchev–Trinajstić information content (AvgIpc) is 3.22. The molecule has 0 saturated carbocycles. The maximum absolute atomic E-state index is 12.9. The maximum Gasteiger partial charge on any atom is 0.416 e. The zero-order valence-corrected chi connectivity index (χ0v) is 13.7. The lowest BCUT2D eigenvalue weighted by molar-refractivity contribution is -0.137. The summed E-state index contributed by atoms with van der Waals surface area (Å²) >= 11 is 0. The Morgan fingerprint density at radius 1 is 1.27 bits per heavy atom. The third-order valence-corrected chi connectivity index (χ3v) is 4.43. The second-order valence-electron chi connectivity index (χ2n) is 6.16. The zero-order chi connectivity index (χ0) is 18.5. The quantitative estimate of drug-likeness (QED) is 0.745. The van der Waals surface area contributed by atoms with Gasteiger partial charge < -0.3 is 9.73 Å². The predicted octanol–water partition coefficient (Wildman–Crippen LogP) is 4.17. The molecule has 0 fully saturated rings. The Balaban J connectivity index is 1.70. The van der Waals surface area contributed by atoms with Gasteiger partial charge in [-0.1, -0.05) is 12.1 Å². The molecule has 5 nitrogen and oxygen atoms in total. The van der Waals surface area contributed by atoms with Crippen molar-refractivity contribution in [3.05, 3.63) is 59.5 Å². The smallest absolute Gasteiger partial charge is 0.416 e. The molecular weight excluding hydrogens is 347 g/mol. The zero-order valence-electron chi connectivity index (χ0n) is 13.7. The molecule has 1 aliphatic rings. The van der Waals surface area contributed by atoms with E-state index in [9.17, 15) is 18.0 Å². The summed E-state index contributed by atoms with van der Waals surface area (Å²) in [6.07, 6.45) is -2.57. The van der Waals surface area contributed by atoms with Crippen LogP contribution in [0, 0.1) is 0 Å². The van der Waals surface area contributed by atoms with Gasteiger partial charge in [0.05, 0.1) is 17.7 Å². The second-order valence-corrected chi connectivity index (χ2v) is 6.16. The molecule has 134 valence electrons. The van der Waals surface area contributed by atoms with Gasteiger partial charge in [0, 0.05) is 24.6 Å². The highest BCUT2D eigenvalue weighted by Gasteiger charge is 2.32. The normalized spacial score (nSPS) is 17.1. The van der Waals surface area contributed by atoms with Crippen molar-refractivity contribution in [2.75, 3.05) is 5.32 Å². The molecule has 0 spiro atoms. The van der Waals surface area contributed by atoms with Crippen molar-refractivity contribution < 1.29 is 22.4 Å². The van der Waals surface area contributed by atoms with Crippen LogP contribution in [0.25, 0.3) is 11.3 Å². The number of aromatic nitrogens is 2. The summed E-state index contributed by atoms with van der Waals surface area (Å²) in [5.74, 6) is 0.947. The van der Waals surface area contributed by atoms with Crippen LogP contribution in [0.3, 0.4) is 0 Å². The molecule has 0 bridgehead atoms. The summed E-state index contributed by atoms with van der Waals surface area (Å²) < 4.78 is 46.1. The summed E-state index contributed by atoms with van der Waals surface area (Å²) in [6, 6.07) is 8.27. The number of benzene rings is 1. The van der Waals surface area contributed by atoms with E-state index < -0.39 is 11.7 Å². The third-order valence-electron chi connectivity index (χ3n) is 4.43. The molecule has 1 aromatic carbocycles. The number of amides is 1. The average molecular weight is 361 g/mol. The molecular formula is C18H14F3N3O2. The number of carbonyl (C=O) groups is 1. The van der Waals surface area contributed by atoms with Gasteiger partial charge in [-0.25, -0.2) is 0 Å². The Morgan fingerprint density at radius 2 is 2.08 bits per heavy atom. The fourth-order valence-electron chi connectivity index (χ4n) is 3.14. The summed E-state index contributed by atoms with van der Waals surface area (Å²) in [7, 11) is 1.72. The molecule has 1 N–H and O–H groups in total. The van der Waals surface area contributed by atoms with Gasteiger partial charge in [0.1, 0.15) is 17.3 Å². The highest BCUT2D eigenvalue weighted by Crippen LogP contribution is 2.39. The lowest BCUT2D eigenvalue weighted by Gasteiger charge is -2.21. The van der Waals surface area contributed by atoms with Crippen LogP contribution < -0.4 is 5.32 Å². The summed E-state index contributed by atoms with van der Waals surface area (Å²) in [5.41, 5.74) is 0.411. The van der Waals surface area contributed by atoms with E-state index in [1.807, 2.05) is 0 Å². The molecule has 1 unspecified atom stereocenters. The van der Waals surface area contributed by atoms with Crippen molar-refractivity contribution in [1.29, 1.82) is 0 Å². The molecule has 26 heavy (non-hydrogen) atoms. The standard InChI is InChI=1S/C18H14F3N3O2/c1-24-17-13(9-22-24)12(8-16(25)23-17)15-6-5-14(26-15)10-3-2-4-11(7-10)18(19,20)21/h2-7,9,12H,8H2,1H3,(H,23,25). The Hall–Kier alpha value is -3.03. The van der Waals surface area contributed by atoms with Gasteiger partial charge in [0.25, 0.3) is 0 Å². The van der Waals surface area contributed by atoms with Gasteiger partial charge in [-0.15, -0.1) is 0 Å². The molecule has 8 heteroatoms. The fraction of sp³-hybridized carbons (Fsp3) is 0.222. The van der Waals surface area contributed by atoms with Crippen molar-refractivity contribution in [3.8, 4) is 11.3 Å². The Kier molecular flexibility index (Phi) is 3.64. The molecule has 0 radical (unpaired) electrons. The number of alkyl halides is 3. The number of anilines is 1. The molecule has 3 aromatic rings. The Morgan fingerprint density at radius 3 is 2.85 bits per heavy atom. The summed E-state index contributed by atoms with van der Waals surface area (Å²) in [5, 5.41) is 6.91. The monoisotopic (exact) mass is 361 g/mol. The first-order valence-electron chi connectivity index (χ1n) is 7.92. The highest BCUT2D eigenvalue weighted by atomic mass is 19.4. The number of furan rings is 1. The van der Waals surface area contributed by atoms with Crippen LogP contribution in [-0.4, -0.2) is 15.7 Å². The van der Waals surface area contributed by atoms with Crippen LogP contribution in [0.1, 0.15) is 29.2 Å². The van der Waals surface area contributed by atoms with Gasteiger partial charge >= 0.3 is 6.18 Å². The predicted molar refractivity (Wildman–Crippen MR) is 87.4 cm³/mol. The van der Waals surface area contributed by atoms with Gasteiger partial charge in [0.15, 0.2) is 0 Å². The number of hydrogen-bond donors (Lipinski definition) is 1. The first kappa shape index (κ1) is 16.4. The third kappa shape index (κ3) is 2.77. The lowest BCUT2D eigenvalue weighted by atomic mass is 9.92. The number of hydrogen-bond acceptors (Lipinski definition) is 3. The SMILES string of the molecule is Cn1ncc2c1NC(=O)CC2c1ccc(-c2cccc(C(F)(F)F)c2)o1. The molecule has 1 atom stereocenters. The van der Waals surface area contributed by atoms with Crippen molar-refractivity contribution in [1.82, 2.24) is 9.78 Å². The van der Waals surface area contributed by atoms with Gasteiger partial charge in [-0.2, -0.15) is 18.3 Å². The van der Waals surface area contributed by atoms with E-state index in [-0.39, 0.29) is 18.2 Å². The molecule has 1 aliphatic heterocycles. The number of rotatable bonds is 2. The highest BCUT2D eigenvalue weighted by molar-refractivity contribution is 5.94. The molecule has 0 aliphatic carbocycles. The first-order valence-corrected chi connectivity index (χ1v) is 7.92. The van der Waals surface area contributed by atoms with Crippen LogP contribution in [0.15, 0.2) is 47.0 Å². The van der Waals surface area contributed by atoms with Crippen LogP contribution in [-0.2, 0) is 18.0 Å². The largest absolute Gasteiger partial charge is 0.460 e. The van der Waals surface area contributed by atoms with Gasteiger partial charge in [0.2, 0.25) is 5.91 Å². The number of aryl methyl sites for hydroxylation is 1. The van der Waals surface area contributed by atoms with Crippen molar-refractivity contribution in [2.45, 2.75) is 18.5 Å². The van der Waals surface area contributed by atoms with Crippen molar-refractivity contribution in [2.24, 2.45) is 7.05 Å². The molecule has 3 heterocycles. The van der Waals surface area contributed by atoms with E-state index in [2.05, 4.69) is 10.4 Å². The van der Waals surface area contributed by atoms with Gasteiger partial charge in [-0.05, 0) is 24.3 Å². The van der Waals surface area contributed by atoms with E-state index >= 15 is 0 Å². The number of nitrogens with one attached hydrogen (secondary N) is 1. The topological polar surface area (TPSA) is 60.1 Å². The molecule has 0 saturated heterocycles. The second kappa shape index (κ2) is 5.76. The van der Waals surface area contributed by atoms with E-state index in [1.165, 1.54) is 6.07 Å². The number of halogens is 3. The fourth-order valence-corrected chi connectivity index (χ4v) is 3.14. The Labute approximate surface area is 146 Å². The minimum Gasteiger partial charge on any atom is -0.460 e.